The van der Waals surface area contributed by atoms with Gasteiger partial charge in [0.15, 0.2) is 0 Å². The third-order valence-corrected chi connectivity index (χ3v) is 3.85. The van der Waals surface area contributed by atoms with Crippen LogP contribution < -0.4 is 5.32 Å². The van der Waals surface area contributed by atoms with Crippen molar-refractivity contribution >= 4 is 17.6 Å². The Kier molecular flexibility index (Phi) is 4.43. The first-order valence-corrected chi connectivity index (χ1v) is 6.78. The van der Waals surface area contributed by atoms with Crippen LogP contribution in [0.25, 0.3) is 0 Å². The summed E-state index contributed by atoms with van der Waals surface area (Å²) in [6, 6.07) is 3.55. The number of nitrogens with zero attached hydrogens (tertiary/aromatic N) is 1. The van der Waals surface area contributed by atoms with E-state index in [9.17, 15) is 19.3 Å². The maximum absolute atomic E-state index is 14.1. The predicted molar refractivity (Wildman–Crippen MR) is 73.1 cm³/mol. The van der Waals surface area contributed by atoms with Crippen LogP contribution in [0.15, 0.2) is 18.2 Å². The van der Waals surface area contributed by atoms with Gasteiger partial charge in [-0.1, -0.05) is 11.6 Å². The van der Waals surface area contributed by atoms with Crippen LogP contribution in [0.3, 0.4) is 0 Å². The third-order valence-electron chi connectivity index (χ3n) is 3.61. The standard InChI is InChI=1S/C13H14ClFN2O4/c1-2-21-12(18)10-6-16-7-13(10,17(19)20)9-5-8(14)3-4-11(9)15/h3-5,10,16H,2,6-7H2,1H3/t10?,13-/m1/s1. The minimum Gasteiger partial charge on any atom is -0.466 e. The summed E-state index contributed by atoms with van der Waals surface area (Å²) in [5.41, 5.74) is -2.12. The summed E-state index contributed by atoms with van der Waals surface area (Å²) in [4.78, 5) is 23.0. The zero-order chi connectivity index (χ0) is 15.6. The van der Waals surface area contributed by atoms with Crippen molar-refractivity contribution in [2.45, 2.75) is 12.5 Å². The van der Waals surface area contributed by atoms with E-state index >= 15 is 0 Å². The van der Waals surface area contributed by atoms with E-state index in [1.54, 1.807) is 6.92 Å². The number of esters is 1. The molecule has 0 bridgehead atoms. The number of hydrogen-bond donors (Lipinski definition) is 1. The molecule has 114 valence electrons. The number of carbonyl (C=O) groups is 1. The lowest BCUT2D eigenvalue weighted by Gasteiger charge is -2.25. The summed E-state index contributed by atoms with van der Waals surface area (Å²) in [7, 11) is 0. The molecule has 1 unspecified atom stereocenters. The van der Waals surface area contributed by atoms with Crippen LogP contribution in [0.2, 0.25) is 5.02 Å². The van der Waals surface area contributed by atoms with Crippen LogP contribution in [-0.4, -0.2) is 30.6 Å². The highest BCUT2D eigenvalue weighted by molar-refractivity contribution is 6.30. The third kappa shape index (κ3) is 2.58. The summed E-state index contributed by atoms with van der Waals surface area (Å²) >= 11 is 5.82. The topological polar surface area (TPSA) is 81.5 Å². The Morgan fingerprint density at radius 2 is 2.38 bits per heavy atom. The molecule has 0 aliphatic carbocycles. The number of nitrogens with one attached hydrogen (secondary N) is 1. The van der Waals surface area contributed by atoms with Gasteiger partial charge in [-0.15, -0.1) is 0 Å². The van der Waals surface area contributed by atoms with Crippen molar-refractivity contribution in [1.82, 2.24) is 5.32 Å². The van der Waals surface area contributed by atoms with Crippen LogP contribution in [0.4, 0.5) is 4.39 Å². The maximum Gasteiger partial charge on any atom is 0.318 e. The lowest BCUT2D eigenvalue weighted by molar-refractivity contribution is -0.580. The summed E-state index contributed by atoms with van der Waals surface area (Å²) < 4.78 is 19.0. The molecule has 1 aliphatic rings. The van der Waals surface area contributed by atoms with Gasteiger partial charge in [-0.05, 0) is 25.1 Å². The van der Waals surface area contributed by atoms with Crippen LogP contribution in [0, 0.1) is 21.8 Å². The Bertz CT molecular complexity index is 583. The fourth-order valence-corrected chi connectivity index (χ4v) is 2.79. The molecule has 0 aromatic heterocycles. The average molecular weight is 317 g/mol. The fourth-order valence-electron chi connectivity index (χ4n) is 2.62. The highest BCUT2D eigenvalue weighted by Gasteiger charge is 2.60. The molecule has 6 nitrogen and oxygen atoms in total. The van der Waals surface area contributed by atoms with Crippen molar-refractivity contribution in [3.8, 4) is 0 Å². The van der Waals surface area contributed by atoms with Gasteiger partial charge in [-0.3, -0.25) is 14.9 Å². The molecule has 2 atom stereocenters. The van der Waals surface area contributed by atoms with E-state index in [0.717, 1.165) is 6.07 Å². The molecular formula is C13H14ClFN2O4. The number of nitro groups is 1. The van der Waals surface area contributed by atoms with Gasteiger partial charge in [0.1, 0.15) is 11.7 Å². The van der Waals surface area contributed by atoms with Crippen LogP contribution in [-0.2, 0) is 15.1 Å². The van der Waals surface area contributed by atoms with Crippen molar-refractivity contribution in [2.24, 2.45) is 5.92 Å². The highest BCUT2D eigenvalue weighted by Crippen LogP contribution is 2.39. The number of carbonyl (C=O) groups excluding carboxylic acids is 1. The van der Waals surface area contributed by atoms with Crippen molar-refractivity contribution in [2.75, 3.05) is 19.7 Å². The maximum atomic E-state index is 14.1. The smallest absolute Gasteiger partial charge is 0.318 e. The van der Waals surface area contributed by atoms with E-state index in [4.69, 9.17) is 16.3 Å². The number of hydrogen-bond acceptors (Lipinski definition) is 5. The van der Waals surface area contributed by atoms with Crippen molar-refractivity contribution in [1.29, 1.82) is 0 Å². The molecule has 0 amide bonds. The Labute approximate surface area is 125 Å². The van der Waals surface area contributed by atoms with Gasteiger partial charge in [0.2, 0.25) is 0 Å². The first-order chi connectivity index (χ1) is 9.93. The monoisotopic (exact) mass is 316 g/mol. The van der Waals surface area contributed by atoms with E-state index in [-0.39, 0.29) is 30.3 Å². The van der Waals surface area contributed by atoms with E-state index in [2.05, 4.69) is 5.32 Å². The van der Waals surface area contributed by atoms with Gasteiger partial charge in [0, 0.05) is 16.5 Å². The molecule has 1 N–H and O–H groups in total. The SMILES string of the molecule is CCOC(=O)C1CNC[C@]1(c1cc(Cl)ccc1F)[N+](=O)[O-]. The van der Waals surface area contributed by atoms with Crippen LogP contribution in [0.5, 0.6) is 0 Å². The minimum absolute atomic E-state index is 0.0474. The van der Waals surface area contributed by atoms with E-state index in [1.165, 1.54) is 12.1 Å². The Morgan fingerprint density at radius 3 is 3.00 bits per heavy atom. The minimum atomic E-state index is -1.92. The predicted octanol–water partition coefficient (Wildman–Crippen LogP) is 1.73. The Hall–Kier alpha value is -1.73. The fraction of sp³-hybridized carbons (Fsp3) is 0.462. The molecule has 0 radical (unpaired) electrons. The summed E-state index contributed by atoms with van der Waals surface area (Å²) in [6.45, 7) is 1.59. The number of rotatable bonds is 4. The molecular weight excluding hydrogens is 303 g/mol. The first kappa shape index (κ1) is 15.7. The molecule has 2 rings (SSSR count). The molecule has 0 spiro atoms. The van der Waals surface area contributed by atoms with Crippen molar-refractivity contribution in [3.63, 3.8) is 0 Å². The summed E-state index contributed by atoms with van der Waals surface area (Å²) in [5.74, 6) is -2.60. The van der Waals surface area contributed by atoms with Crippen molar-refractivity contribution < 1.29 is 18.8 Å². The van der Waals surface area contributed by atoms with Crippen molar-refractivity contribution in [3.05, 3.63) is 44.7 Å². The Morgan fingerprint density at radius 1 is 1.67 bits per heavy atom. The molecule has 8 heteroatoms. The molecule has 1 fully saturated rings. The second kappa shape index (κ2) is 5.95. The van der Waals surface area contributed by atoms with Gasteiger partial charge in [0.25, 0.3) is 5.54 Å². The average Bonchev–Trinajstić information content (AvgIpc) is 2.87. The van der Waals surface area contributed by atoms with Gasteiger partial charge in [-0.25, -0.2) is 4.39 Å². The van der Waals surface area contributed by atoms with Crippen LogP contribution >= 0.6 is 11.6 Å². The lowest BCUT2D eigenvalue weighted by Crippen LogP contribution is -2.47. The largest absolute Gasteiger partial charge is 0.466 e. The molecule has 1 aromatic rings. The summed E-state index contributed by atoms with van der Waals surface area (Å²) in [6.07, 6.45) is 0. The molecule has 0 saturated carbocycles. The van der Waals surface area contributed by atoms with Gasteiger partial charge in [0.05, 0.1) is 18.7 Å². The Balaban J connectivity index is 2.57. The number of halogens is 2. The van der Waals surface area contributed by atoms with Gasteiger partial charge < -0.3 is 10.1 Å². The quantitative estimate of drug-likeness (QED) is 0.520. The molecule has 21 heavy (non-hydrogen) atoms. The first-order valence-electron chi connectivity index (χ1n) is 6.41. The number of benzene rings is 1. The molecule has 1 saturated heterocycles. The van der Waals surface area contributed by atoms with E-state index in [1.807, 2.05) is 0 Å². The second-order valence-electron chi connectivity index (χ2n) is 4.74. The molecule has 1 heterocycles. The normalized spacial score (nSPS) is 24.8. The zero-order valence-electron chi connectivity index (χ0n) is 11.3. The zero-order valence-corrected chi connectivity index (χ0v) is 12.0. The van der Waals surface area contributed by atoms with Gasteiger partial charge in [-0.2, -0.15) is 0 Å². The molecule has 1 aliphatic heterocycles. The van der Waals surface area contributed by atoms with E-state index < -0.39 is 28.2 Å². The molecule has 1 aromatic carbocycles. The van der Waals surface area contributed by atoms with Gasteiger partial charge >= 0.3 is 5.97 Å². The number of ether oxygens (including phenoxy) is 1. The highest BCUT2D eigenvalue weighted by atomic mass is 35.5. The second-order valence-corrected chi connectivity index (χ2v) is 5.18. The summed E-state index contributed by atoms with van der Waals surface area (Å²) in [5, 5.41) is 14.6. The lowest BCUT2D eigenvalue weighted by atomic mass is 9.80. The van der Waals surface area contributed by atoms with E-state index in [0.29, 0.717) is 0 Å². The van der Waals surface area contributed by atoms with Crippen LogP contribution in [0.1, 0.15) is 12.5 Å².